The number of para-hydroxylation sites is 1. The van der Waals surface area contributed by atoms with Gasteiger partial charge in [0.2, 0.25) is 5.43 Å². The third-order valence-electron chi connectivity index (χ3n) is 7.16. The van der Waals surface area contributed by atoms with Crippen LogP contribution in [0.2, 0.25) is 5.02 Å². The molecule has 0 saturated heterocycles. The molecule has 5 rings (SSSR count). The van der Waals surface area contributed by atoms with Gasteiger partial charge in [-0.05, 0) is 73.1 Å². The monoisotopic (exact) mass is 616 g/mol. The number of hydrogen-bond donors (Lipinski definition) is 0. The molecule has 0 fully saturated rings. The van der Waals surface area contributed by atoms with Gasteiger partial charge in [-0.3, -0.25) is 9.69 Å². The fourth-order valence-electron chi connectivity index (χ4n) is 5.18. The maximum Gasteiger partial charge on any atom is 0.343 e. The zero-order chi connectivity index (χ0) is 30.5. The van der Waals surface area contributed by atoms with Gasteiger partial charge in [0.1, 0.15) is 21.9 Å². The van der Waals surface area contributed by atoms with Crippen LogP contribution in [0.15, 0.2) is 83.8 Å². The number of thiophene rings is 1. The smallest absolute Gasteiger partial charge is 0.343 e. The van der Waals surface area contributed by atoms with Gasteiger partial charge in [0.15, 0.2) is 0 Å². The van der Waals surface area contributed by atoms with Gasteiger partial charge in [0.25, 0.3) is 0 Å². The molecule has 0 radical (unpaired) electrons. The average Bonchev–Trinajstić information content (AvgIpc) is 3.38. The number of hydrogen-bond acceptors (Lipinski definition) is 7. The van der Waals surface area contributed by atoms with Gasteiger partial charge in [-0.1, -0.05) is 41.9 Å². The van der Waals surface area contributed by atoms with Crippen LogP contribution < -0.4 is 14.9 Å². The highest BCUT2D eigenvalue weighted by Crippen LogP contribution is 2.39. The van der Waals surface area contributed by atoms with E-state index in [2.05, 4.69) is 4.90 Å². The third-order valence-corrected chi connectivity index (χ3v) is 8.71. The molecule has 0 aliphatic rings. The number of pyridine rings is 1. The SMILES string of the molecule is CCOC(=O)c1cn(Cc2ccccc2OC)c2sc(-c3ccc(OC)cc3)c(CN(C)Cc3cccc(Cl)c3)c2c1=O. The molecule has 0 N–H and O–H groups in total. The molecule has 222 valence electrons. The van der Waals surface area contributed by atoms with Crippen LogP contribution in [-0.4, -0.2) is 43.3 Å². The summed E-state index contributed by atoms with van der Waals surface area (Å²) in [5.74, 6) is 0.823. The van der Waals surface area contributed by atoms with E-state index in [0.717, 1.165) is 43.5 Å². The molecule has 0 spiro atoms. The van der Waals surface area contributed by atoms with Gasteiger partial charge in [-0.25, -0.2) is 4.79 Å². The molecule has 0 saturated carbocycles. The third kappa shape index (κ3) is 6.62. The molecule has 9 heteroatoms. The summed E-state index contributed by atoms with van der Waals surface area (Å²) in [7, 11) is 5.27. The molecule has 0 amide bonds. The Bertz CT molecular complexity index is 1810. The number of ether oxygens (including phenoxy) is 3. The van der Waals surface area contributed by atoms with E-state index in [1.165, 1.54) is 11.3 Å². The highest BCUT2D eigenvalue weighted by Gasteiger charge is 2.25. The second-order valence-corrected chi connectivity index (χ2v) is 11.6. The molecule has 2 heterocycles. The van der Waals surface area contributed by atoms with Crippen molar-refractivity contribution < 1.29 is 19.0 Å². The second kappa shape index (κ2) is 13.5. The Morgan fingerprint density at radius 2 is 1.74 bits per heavy atom. The van der Waals surface area contributed by atoms with Crippen molar-refractivity contribution in [2.24, 2.45) is 0 Å². The summed E-state index contributed by atoms with van der Waals surface area (Å²) in [6.07, 6.45) is 1.61. The summed E-state index contributed by atoms with van der Waals surface area (Å²) < 4.78 is 18.3. The van der Waals surface area contributed by atoms with Crippen molar-refractivity contribution in [2.75, 3.05) is 27.9 Å². The maximum atomic E-state index is 14.1. The van der Waals surface area contributed by atoms with E-state index < -0.39 is 5.97 Å². The zero-order valence-corrected chi connectivity index (χ0v) is 26.1. The van der Waals surface area contributed by atoms with Gasteiger partial charge in [-0.15, -0.1) is 11.3 Å². The Hall–Kier alpha value is -4.11. The first kappa shape index (κ1) is 30.4. The molecular formula is C34H33ClN2O5S. The fraction of sp³-hybridized carbons (Fsp3) is 0.235. The number of carbonyl (C=O) groups is 1. The molecular weight excluding hydrogens is 584 g/mol. The predicted molar refractivity (Wildman–Crippen MR) is 173 cm³/mol. The van der Waals surface area contributed by atoms with Crippen molar-refractivity contribution in [3.63, 3.8) is 0 Å². The van der Waals surface area contributed by atoms with E-state index in [0.29, 0.717) is 30.0 Å². The average molecular weight is 617 g/mol. The Morgan fingerprint density at radius 3 is 2.44 bits per heavy atom. The first-order valence-electron chi connectivity index (χ1n) is 13.9. The van der Waals surface area contributed by atoms with Crippen molar-refractivity contribution in [1.82, 2.24) is 9.47 Å². The number of methoxy groups -OCH3 is 2. The maximum absolute atomic E-state index is 14.1. The van der Waals surface area contributed by atoms with Crippen LogP contribution in [0.1, 0.15) is 34.0 Å². The van der Waals surface area contributed by atoms with Gasteiger partial charge in [0, 0.05) is 34.7 Å². The Balaban J connectivity index is 1.72. The number of nitrogens with zero attached hydrogens (tertiary/aromatic N) is 2. The molecule has 5 aromatic rings. The number of carbonyl (C=O) groups excluding carboxylic acids is 1. The van der Waals surface area contributed by atoms with Crippen molar-refractivity contribution in [2.45, 2.75) is 26.6 Å². The van der Waals surface area contributed by atoms with Crippen molar-refractivity contribution in [1.29, 1.82) is 0 Å². The highest BCUT2D eigenvalue weighted by atomic mass is 35.5. The van der Waals surface area contributed by atoms with Crippen LogP contribution in [-0.2, 0) is 24.4 Å². The highest BCUT2D eigenvalue weighted by molar-refractivity contribution is 7.22. The minimum absolute atomic E-state index is 0.00192. The lowest BCUT2D eigenvalue weighted by molar-refractivity contribution is 0.0524. The summed E-state index contributed by atoms with van der Waals surface area (Å²) in [5, 5.41) is 1.18. The minimum Gasteiger partial charge on any atom is -0.497 e. The standard InChI is InChI=1S/C34H33ClN2O5S/c1-5-42-34(39)28-21-37(19-24-10-6-7-12-29(24)41-4)33-30(31(28)38)27(20-36(2)18-22-9-8-11-25(35)17-22)32(43-33)23-13-15-26(40-3)16-14-23/h6-17,21H,5,18-20H2,1-4H3. The lowest BCUT2D eigenvalue weighted by Gasteiger charge is -2.18. The largest absolute Gasteiger partial charge is 0.497 e. The molecule has 0 aliphatic heterocycles. The van der Waals surface area contributed by atoms with Crippen LogP contribution in [0, 0.1) is 0 Å². The second-order valence-electron chi connectivity index (χ2n) is 10.2. The predicted octanol–water partition coefficient (Wildman–Crippen LogP) is 7.26. The van der Waals surface area contributed by atoms with Gasteiger partial charge in [-0.2, -0.15) is 0 Å². The minimum atomic E-state index is -0.640. The van der Waals surface area contributed by atoms with Gasteiger partial charge >= 0.3 is 5.97 Å². The number of aromatic nitrogens is 1. The van der Waals surface area contributed by atoms with E-state index in [4.69, 9.17) is 25.8 Å². The molecule has 43 heavy (non-hydrogen) atoms. The first-order chi connectivity index (χ1) is 20.8. The summed E-state index contributed by atoms with van der Waals surface area (Å²) in [6, 6.07) is 23.3. The van der Waals surface area contributed by atoms with Crippen LogP contribution >= 0.6 is 22.9 Å². The summed E-state index contributed by atoms with van der Waals surface area (Å²) >= 11 is 7.78. The normalized spacial score (nSPS) is 11.2. The topological polar surface area (TPSA) is 70.0 Å². The number of rotatable bonds is 11. The fourth-order valence-corrected chi connectivity index (χ4v) is 6.69. The number of fused-ring (bicyclic) bond motifs is 1. The van der Waals surface area contributed by atoms with Gasteiger partial charge < -0.3 is 18.8 Å². The van der Waals surface area contributed by atoms with E-state index in [9.17, 15) is 9.59 Å². The zero-order valence-electron chi connectivity index (χ0n) is 24.6. The molecule has 7 nitrogen and oxygen atoms in total. The Labute approximate surface area is 259 Å². The lowest BCUT2D eigenvalue weighted by Crippen LogP contribution is -2.23. The van der Waals surface area contributed by atoms with Crippen molar-refractivity contribution >= 4 is 39.1 Å². The Kier molecular flexibility index (Phi) is 9.50. The molecule has 3 aromatic carbocycles. The van der Waals surface area contributed by atoms with Gasteiger partial charge in [0.05, 0.1) is 32.8 Å². The Morgan fingerprint density at radius 1 is 0.977 bits per heavy atom. The van der Waals surface area contributed by atoms with E-state index in [-0.39, 0.29) is 17.6 Å². The molecule has 0 bridgehead atoms. The van der Waals surface area contributed by atoms with Crippen LogP contribution in [0.5, 0.6) is 11.5 Å². The van der Waals surface area contributed by atoms with E-state index >= 15 is 0 Å². The summed E-state index contributed by atoms with van der Waals surface area (Å²) in [5.41, 5.74) is 3.44. The van der Waals surface area contributed by atoms with Crippen molar-refractivity contribution in [3.05, 3.63) is 116 Å². The van der Waals surface area contributed by atoms with E-state index in [1.54, 1.807) is 27.3 Å². The van der Waals surface area contributed by atoms with Crippen LogP contribution in [0.25, 0.3) is 20.7 Å². The molecule has 0 unspecified atom stereocenters. The van der Waals surface area contributed by atoms with Crippen LogP contribution in [0.4, 0.5) is 0 Å². The molecule has 0 atom stereocenters. The first-order valence-corrected chi connectivity index (χ1v) is 15.1. The quantitative estimate of drug-likeness (QED) is 0.146. The van der Waals surface area contributed by atoms with Crippen LogP contribution in [0.3, 0.4) is 0 Å². The number of benzene rings is 3. The van der Waals surface area contributed by atoms with E-state index in [1.807, 2.05) is 84.4 Å². The lowest BCUT2D eigenvalue weighted by atomic mass is 10.0. The summed E-state index contributed by atoms with van der Waals surface area (Å²) in [6.45, 7) is 3.37. The molecule has 0 aliphatic carbocycles. The number of halogens is 1. The molecule has 2 aromatic heterocycles. The summed E-state index contributed by atoms with van der Waals surface area (Å²) in [4.78, 5) is 31.1. The number of esters is 1. The van der Waals surface area contributed by atoms with Crippen molar-refractivity contribution in [3.8, 4) is 21.9 Å².